The summed E-state index contributed by atoms with van der Waals surface area (Å²) >= 11 is 0. The highest BCUT2D eigenvalue weighted by atomic mass is 16.3. The predicted molar refractivity (Wildman–Crippen MR) is 53.2 cm³/mol. The number of aliphatic hydroxyl groups is 1. The van der Waals surface area contributed by atoms with Crippen LogP contribution in [0, 0.1) is 0 Å². The molecule has 0 rings (SSSR count). The minimum Gasteiger partial charge on any atom is -0.390 e. The summed E-state index contributed by atoms with van der Waals surface area (Å²) in [5, 5.41) is 13.0. The van der Waals surface area contributed by atoms with Gasteiger partial charge in [-0.2, -0.15) is 0 Å². The lowest BCUT2D eigenvalue weighted by Crippen LogP contribution is -2.29. The Balaban J connectivity index is 3.39. The minimum atomic E-state index is -0.581. The highest BCUT2D eigenvalue weighted by Gasteiger charge is 2.16. The molecule has 0 bridgehead atoms. The Morgan fingerprint density at radius 2 is 2.17 bits per heavy atom. The van der Waals surface area contributed by atoms with E-state index in [9.17, 15) is 5.11 Å². The number of rotatable bonds is 7. The van der Waals surface area contributed by atoms with Gasteiger partial charge in [0, 0.05) is 0 Å². The van der Waals surface area contributed by atoms with Crippen LogP contribution in [0.25, 0.3) is 0 Å². The Labute approximate surface area is 75.7 Å². The fraction of sp³-hybridized carbons (Fsp3) is 0.800. The molecule has 0 aliphatic rings. The first kappa shape index (κ1) is 11.7. The highest BCUT2D eigenvalue weighted by molar-refractivity contribution is 4.82. The predicted octanol–water partition coefficient (Wildman–Crippen LogP) is 1.70. The van der Waals surface area contributed by atoms with Crippen molar-refractivity contribution in [3.8, 4) is 0 Å². The molecule has 0 aliphatic heterocycles. The lowest BCUT2D eigenvalue weighted by Gasteiger charge is -2.21. The van der Waals surface area contributed by atoms with Gasteiger partial charge in [0.15, 0.2) is 0 Å². The summed E-state index contributed by atoms with van der Waals surface area (Å²) < 4.78 is 0. The lowest BCUT2D eigenvalue weighted by molar-refractivity contribution is 0.0544. The Bertz CT molecular complexity index is 121. The quantitative estimate of drug-likeness (QED) is 0.451. The second-order valence-electron chi connectivity index (χ2n) is 3.49. The molecular weight excluding hydrogens is 150 g/mol. The van der Waals surface area contributed by atoms with Crippen LogP contribution in [-0.4, -0.2) is 23.8 Å². The molecule has 0 aromatic heterocycles. The molecule has 0 aliphatic carbocycles. The molecule has 0 fully saturated rings. The van der Waals surface area contributed by atoms with E-state index in [0.717, 1.165) is 25.9 Å². The fourth-order valence-electron chi connectivity index (χ4n) is 1.07. The van der Waals surface area contributed by atoms with E-state index in [1.807, 2.05) is 6.92 Å². The molecule has 0 saturated carbocycles. The zero-order chi connectivity index (χ0) is 9.45. The number of hydrogen-bond acceptors (Lipinski definition) is 2. The van der Waals surface area contributed by atoms with Gasteiger partial charge < -0.3 is 10.4 Å². The summed E-state index contributed by atoms with van der Waals surface area (Å²) in [5.41, 5.74) is -0.581. The second-order valence-corrected chi connectivity index (χ2v) is 3.49. The van der Waals surface area contributed by atoms with Crippen molar-refractivity contribution in [1.29, 1.82) is 0 Å². The van der Waals surface area contributed by atoms with Crippen LogP contribution in [0.4, 0.5) is 0 Å². The van der Waals surface area contributed by atoms with Crippen molar-refractivity contribution in [2.75, 3.05) is 13.1 Å². The average molecular weight is 171 g/mol. The van der Waals surface area contributed by atoms with Crippen LogP contribution in [0.2, 0.25) is 0 Å². The summed E-state index contributed by atoms with van der Waals surface area (Å²) in [6, 6.07) is 0. The van der Waals surface area contributed by atoms with Crippen molar-refractivity contribution >= 4 is 0 Å². The molecule has 1 atom stereocenters. The Kier molecular flexibility index (Phi) is 6.03. The van der Waals surface area contributed by atoms with Crippen molar-refractivity contribution < 1.29 is 5.11 Å². The third-order valence-electron chi connectivity index (χ3n) is 1.85. The van der Waals surface area contributed by atoms with Gasteiger partial charge in [0.2, 0.25) is 0 Å². The van der Waals surface area contributed by atoms with E-state index in [4.69, 9.17) is 0 Å². The Morgan fingerprint density at radius 3 is 2.67 bits per heavy atom. The van der Waals surface area contributed by atoms with E-state index in [0.29, 0.717) is 6.42 Å². The maximum atomic E-state index is 9.70. The zero-order valence-electron chi connectivity index (χ0n) is 8.27. The third kappa shape index (κ3) is 6.38. The molecule has 0 aromatic carbocycles. The van der Waals surface area contributed by atoms with Crippen molar-refractivity contribution in [3.05, 3.63) is 12.7 Å². The molecule has 12 heavy (non-hydrogen) atoms. The first-order valence-corrected chi connectivity index (χ1v) is 4.66. The maximum absolute atomic E-state index is 9.70. The molecule has 0 amide bonds. The molecule has 1 unspecified atom stereocenters. The van der Waals surface area contributed by atoms with Gasteiger partial charge in [0.1, 0.15) is 0 Å². The van der Waals surface area contributed by atoms with Crippen molar-refractivity contribution in [1.82, 2.24) is 5.32 Å². The Morgan fingerprint density at radius 1 is 1.50 bits per heavy atom. The van der Waals surface area contributed by atoms with Gasteiger partial charge in [-0.1, -0.05) is 13.0 Å². The lowest BCUT2D eigenvalue weighted by atomic mass is 9.98. The van der Waals surface area contributed by atoms with Crippen LogP contribution >= 0.6 is 0 Å². The van der Waals surface area contributed by atoms with Crippen LogP contribution in [-0.2, 0) is 0 Å². The molecule has 0 spiro atoms. The van der Waals surface area contributed by atoms with Gasteiger partial charge in [0.25, 0.3) is 0 Å². The van der Waals surface area contributed by atoms with Crippen molar-refractivity contribution in [2.24, 2.45) is 0 Å². The monoisotopic (exact) mass is 171 g/mol. The molecule has 0 heterocycles. The molecule has 2 nitrogen and oxygen atoms in total. The summed E-state index contributed by atoms with van der Waals surface area (Å²) in [6.07, 6.45) is 4.36. The molecule has 0 radical (unpaired) electrons. The smallest absolute Gasteiger partial charge is 0.0666 e. The van der Waals surface area contributed by atoms with Gasteiger partial charge >= 0.3 is 0 Å². The third-order valence-corrected chi connectivity index (χ3v) is 1.85. The van der Waals surface area contributed by atoms with Crippen LogP contribution in [0.3, 0.4) is 0 Å². The maximum Gasteiger partial charge on any atom is 0.0666 e. The van der Waals surface area contributed by atoms with E-state index in [-0.39, 0.29) is 0 Å². The summed E-state index contributed by atoms with van der Waals surface area (Å²) in [6.45, 7) is 9.51. The van der Waals surface area contributed by atoms with Gasteiger partial charge in [-0.3, -0.25) is 0 Å². The average Bonchev–Trinajstić information content (AvgIpc) is 1.98. The van der Waals surface area contributed by atoms with E-state index in [2.05, 4.69) is 18.8 Å². The fourth-order valence-corrected chi connectivity index (χ4v) is 1.07. The number of nitrogens with one attached hydrogen (secondary N) is 1. The summed E-state index contributed by atoms with van der Waals surface area (Å²) in [5.74, 6) is 0. The zero-order valence-corrected chi connectivity index (χ0v) is 8.27. The largest absolute Gasteiger partial charge is 0.390 e. The van der Waals surface area contributed by atoms with Gasteiger partial charge in [-0.05, 0) is 39.3 Å². The SMILES string of the molecule is C=CCC(C)(O)CCNCCC. The minimum absolute atomic E-state index is 0.581. The van der Waals surface area contributed by atoms with Crippen LogP contribution in [0.5, 0.6) is 0 Å². The van der Waals surface area contributed by atoms with E-state index < -0.39 is 5.60 Å². The Hall–Kier alpha value is -0.340. The molecule has 0 saturated heterocycles. The summed E-state index contributed by atoms with van der Waals surface area (Å²) in [7, 11) is 0. The van der Waals surface area contributed by atoms with Crippen LogP contribution in [0.15, 0.2) is 12.7 Å². The molecular formula is C10H21NO. The molecule has 2 N–H and O–H groups in total. The van der Waals surface area contributed by atoms with Gasteiger partial charge in [-0.15, -0.1) is 6.58 Å². The normalized spacial score (nSPS) is 15.6. The summed E-state index contributed by atoms with van der Waals surface area (Å²) in [4.78, 5) is 0. The van der Waals surface area contributed by atoms with Gasteiger partial charge in [0.05, 0.1) is 5.60 Å². The second kappa shape index (κ2) is 6.21. The van der Waals surface area contributed by atoms with Crippen molar-refractivity contribution in [3.63, 3.8) is 0 Å². The van der Waals surface area contributed by atoms with Gasteiger partial charge in [-0.25, -0.2) is 0 Å². The van der Waals surface area contributed by atoms with E-state index in [1.165, 1.54) is 0 Å². The molecule has 2 heteroatoms. The van der Waals surface area contributed by atoms with Crippen LogP contribution in [0.1, 0.15) is 33.1 Å². The first-order chi connectivity index (χ1) is 5.62. The standard InChI is InChI=1S/C10H21NO/c1-4-6-10(3,12)7-9-11-8-5-2/h4,11-12H,1,5-9H2,2-3H3. The molecule has 0 aromatic rings. The van der Waals surface area contributed by atoms with E-state index in [1.54, 1.807) is 6.08 Å². The van der Waals surface area contributed by atoms with E-state index >= 15 is 0 Å². The van der Waals surface area contributed by atoms with Crippen molar-refractivity contribution in [2.45, 2.75) is 38.7 Å². The first-order valence-electron chi connectivity index (χ1n) is 4.66. The number of hydrogen-bond donors (Lipinski definition) is 2. The topological polar surface area (TPSA) is 32.3 Å². The van der Waals surface area contributed by atoms with Crippen LogP contribution < -0.4 is 5.32 Å². The molecule has 72 valence electrons. The highest BCUT2D eigenvalue weighted by Crippen LogP contribution is 2.13.